The van der Waals surface area contributed by atoms with Gasteiger partial charge in [0, 0.05) is 32.7 Å². The fourth-order valence-electron chi connectivity index (χ4n) is 6.31. The Morgan fingerprint density at radius 3 is 2.03 bits per heavy atom. The number of aromatic nitrogens is 2. The van der Waals surface area contributed by atoms with Gasteiger partial charge in [0.05, 0.1) is 22.6 Å². The highest BCUT2D eigenvalue weighted by atomic mass is 15.0. The largest absolute Gasteiger partial charge is 0.333 e. The van der Waals surface area contributed by atoms with Crippen LogP contribution in [0, 0.1) is 0 Å². The molecule has 1 aliphatic rings. The van der Waals surface area contributed by atoms with Crippen molar-refractivity contribution < 1.29 is 0 Å². The quantitative estimate of drug-likeness (QED) is 0.235. The lowest BCUT2D eigenvalue weighted by atomic mass is 10.1. The van der Waals surface area contributed by atoms with E-state index in [0.29, 0.717) is 6.04 Å². The molecule has 0 saturated carbocycles. The summed E-state index contributed by atoms with van der Waals surface area (Å²) in [6.07, 6.45) is 9.94. The van der Waals surface area contributed by atoms with Gasteiger partial charge in [-0.3, -0.25) is 0 Å². The maximum Gasteiger partial charge on any atom is 0.0562 e. The molecule has 2 nitrogen and oxygen atoms in total. The van der Waals surface area contributed by atoms with Gasteiger partial charge in [-0.2, -0.15) is 0 Å². The molecule has 2 heteroatoms. The SMILES string of the molecule is C1=CCC(n2c3ccccc3c3cc4c5ccccc5n(-c5cccc(-c6ccccc6)c5)c4cc32)C=C1. The van der Waals surface area contributed by atoms with Gasteiger partial charge in [-0.15, -0.1) is 0 Å². The van der Waals surface area contributed by atoms with Crippen LogP contribution in [0.25, 0.3) is 60.4 Å². The molecule has 5 aromatic carbocycles. The first-order valence-corrected chi connectivity index (χ1v) is 13.3. The van der Waals surface area contributed by atoms with E-state index in [2.05, 4.69) is 149 Å². The fourth-order valence-corrected chi connectivity index (χ4v) is 6.31. The third-order valence-electron chi connectivity index (χ3n) is 8.00. The van der Waals surface area contributed by atoms with Crippen LogP contribution in [0.1, 0.15) is 12.5 Å². The van der Waals surface area contributed by atoms with E-state index in [-0.39, 0.29) is 0 Å². The maximum atomic E-state index is 2.53. The predicted molar refractivity (Wildman–Crippen MR) is 161 cm³/mol. The zero-order valence-corrected chi connectivity index (χ0v) is 21.0. The average Bonchev–Trinajstić information content (AvgIpc) is 3.49. The molecular weight excluding hydrogens is 460 g/mol. The first-order valence-electron chi connectivity index (χ1n) is 13.3. The van der Waals surface area contributed by atoms with E-state index in [1.807, 2.05) is 0 Å². The second kappa shape index (κ2) is 8.36. The number of nitrogens with zero attached hydrogens (tertiary/aromatic N) is 2. The molecule has 0 saturated heterocycles. The predicted octanol–water partition coefficient (Wildman–Crippen LogP) is 9.62. The average molecular weight is 487 g/mol. The lowest BCUT2D eigenvalue weighted by Crippen LogP contribution is -2.06. The number of fused-ring (bicyclic) bond motifs is 6. The summed E-state index contributed by atoms with van der Waals surface area (Å²) in [5.41, 5.74) is 8.69. The van der Waals surface area contributed by atoms with Gasteiger partial charge in [0.15, 0.2) is 0 Å². The van der Waals surface area contributed by atoms with Gasteiger partial charge in [-0.1, -0.05) is 103 Å². The number of hydrogen-bond donors (Lipinski definition) is 0. The molecule has 0 spiro atoms. The van der Waals surface area contributed by atoms with Crippen molar-refractivity contribution in [1.29, 1.82) is 0 Å². The minimum Gasteiger partial charge on any atom is -0.333 e. The molecule has 8 rings (SSSR count). The second-order valence-electron chi connectivity index (χ2n) is 10.2. The molecule has 1 aliphatic carbocycles. The van der Waals surface area contributed by atoms with Crippen LogP contribution in [0.2, 0.25) is 0 Å². The zero-order valence-electron chi connectivity index (χ0n) is 21.0. The third kappa shape index (κ3) is 3.13. The molecule has 0 N–H and O–H groups in total. The van der Waals surface area contributed by atoms with Crippen LogP contribution in [-0.4, -0.2) is 9.13 Å². The summed E-state index contributed by atoms with van der Waals surface area (Å²) >= 11 is 0. The number of rotatable bonds is 3. The molecule has 0 fully saturated rings. The third-order valence-corrected chi connectivity index (χ3v) is 8.00. The van der Waals surface area contributed by atoms with Gasteiger partial charge >= 0.3 is 0 Å². The Bertz CT molecular complexity index is 2050. The van der Waals surface area contributed by atoms with Crippen LogP contribution in [0.5, 0.6) is 0 Å². The normalized spacial score (nSPS) is 15.3. The monoisotopic (exact) mass is 486 g/mol. The van der Waals surface area contributed by atoms with Crippen LogP contribution in [0.4, 0.5) is 0 Å². The van der Waals surface area contributed by atoms with Gasteiger partial charge in [0.25, 0.3) is 0 Å². The van der Waals surface area contributed by atoms with Crippen LogP contribution < -0.4 is 0 Å². The van der Waals surface area contributed by atoms with E-state index < -0.39 is 0 Å². The molecular formula is C36H26N2. The van der Waals surface area contributed by atoms with Gasteiger partial charge < -0.3 is 9.13 Å². The molecule has 2 heterocycles. The van der Waals surface area contributed by atoms with Crippen molar-refractivity contribution in [2.45, 2.75) is 12.5 Å². The van der Waals surface area contributed by atoms with Crippen LogP contribution in [0.3, 0.4) is 0 Å². The molecule has 0 radical (unpaired) electrons. The van der Waals surface area contributed by atoms with Crippen LogP contribution in [-0.2, 0) is 0 Å². The minimum absolute atomic E-state index is 0.305. The molecule has 38 heavy (non-hydrogen) atoms. The van der Waals surface area contributed by atoms with Gasteiger partial charge in [-0.25, -0.2) is 0 Å². The van der Waals surface area contributed by atoms with Gasteiger partial charge in [0.1, 0.15) is 0 Å². The lowest BCUT2D eigenvalue weighted by molar-refractivity contribution is 0.648. The highest BCUT2D eigenvalue weighted by Gasteiger charge is 2.20. The topological polar surface area (TPSA) is 9.86 Å². The van der Waals surface area contributed by atoms with Crippen molar-refractivity contribution >= 4 is 43.6 Å². The van der Waals surface area contributed by atoms with E-state index in [0.717, 1.165) is 6.42 Å². The smallest absolute Gasteiger partial charge is 0.0562 e. The molecule has 0 bridgehead atoms. The molecule has 180 valence electrons. The van der Waals surface area contributed by atoms with Crippen LogP contribution in [0.15, 0.2) is 140 Å². The first kappa shape index (κ1) is 21.3. The Balaban J connectivity index is 1.47. The number of allylic oxidation sites excluding steroid dienone is 4. The van der Waals surface area contributed by atoms with Crippen molar-refractivity contribution in [2.75, 3.05) is 0 Å². The Morgan fingerprint density at radius 2 is 1.21 bits per heavy atom. The number of para-hydroxylation sites is 2. The van der Waals surface area contributed by atoms with E-state index in [1.54, 1.807) is 0 Å². The molecule has 0 amide bonds. The van der Waals surface area contributed by atoms with Crippen molar-refractivity contribution in [2.24, 2.45) is 0 Å². The fraction of sp³-hybridized carbons (Fsp3) is 0.0556. The van der Waals surface area contributed by atoms with E-state index in [9.17, 15) is 0 Å². The first-order chi connectivity index (χ1) is 18.9. The Labute approximate surface area is 221 Å². The summed E-state index contributed by atoms with van der Waals surface area (Å²) in [7, 11) is 0. The standard InChI is InChI=1S/C36H26N2/c1-3-12-25(13-4-1)26-14-11-17-28(22-26)38-34-21-10-8-19-30(34)32-23-31-29-18-7-9-20-33(29)37(35(31)24-36(32)38)27-15-5-2-6-16-27/h1-15,17-24,27H,16H2. The van der Waals surface area contributed by atoms with Crippen molar-refractivity contribution in [3.05, 3.63) is 140 Å². The lowest BCUT2D eigenvalue weighted by Gasteiger charge is -2.18. The van der Waals surface area contributed by atoms with E-state index >= 15 is 0 Å². The summed E-state index contributed by atoms with van der Waals surface area (Å²) in [4.78, 5) is 0. The maximum absolute atomic E-state index is 2.53. The van der Waals surface area contributed by atoms with Gasteiger partial charge in [-0.05, 0) is 53.9 Å². The van der Waals surface area contributed by atoms with Crippen molar-refractivity contribution in [1.82, 2.24) is 9.13 Å². The minimum atomic E-state index is 0.305. The zero-order chi connectivity index (χ0) is 25.1. The highest BCUT2D eigenvalue weighted by Crippen LogP contribution is 2.40. The Hall–Kier alpha value is -4.82. The number of benzene rings is 5. The summed E-state index contributed by atoms with van der Waals surface area (Å²) in [5.74, 6) is 0. The van der Waals surface area contributed by atoms with Gasteiger partial charge in [0.2, 0.25) is 0 Å². The number of hydrogen-bond acceptors (Lipinski definition) is 0. The second-order valence-corrected chi connectivity index (χ2v) is 10.2. The van der Waals surface area contributed by atoms with Crippen molar-refractivity contribution in [3.8, 4) is 16.8 Å². The summed E-state index contributed by atoms with van der Waals surface area (Å²) in [6, 6.07) is 42.4. The molecule has 1 unspecified atom stereocenters. The van der Waals surface area contributed by atoms with Crippen LogP contribution >= 0.6 is 0 Å². The summed E-state index contributed by atoms with van der Waals surface area (Å²) < 4.78 is 4.97. The Morgan fingerprint density at radius 1 is 0.500 bits per heavy atom. The Kier molecular flexibility index (Phi) is 4.68. The van der Waals surface area contributed by atoms with E-state index in [4.69, 9.17) is 0 Å². The molecule has 2 aromatic heterocycles. The van der Waals surface area contributed by atoms with Crippen molar-refractivity contribution in [3.63, 3.8) is 0 Å². The molecule has 1 atom stereocenters. The van der Waals surface area contributed by atoms with E-state index in [1.165, 1.54) is 60.4 Å². The summed E-state index contributed by atoms with van der Waals surface area (Å²) in [5, 5.41) is 5.21. The molecule has 0 aliphatic heterocycles. The summed E-state index contributed by atoms with van der Waals surface area (Å²) in [6.45, 7) is 0. The highest BCUT2D eigenvalue weighted by molar-refractivity contribution is 6.18. The molecule has 7 aromatic rings.